The number of aryl methyl sites for hydroxylation is 1. The molecule has 5 heteroatoms. The summed E-state index contributed by atoms with van der Waals surface area (Å²) in [7, 11) is 0. The number of likely N-dealkylation sites (tertiary alicyclic amines) is 1. The van der Waals surface area contributed by atoms with Crippen molar-refractivity contribution in [1.29, 1.82) is 0 Å². The second kappa shape index (κ2) is 9.05. The summed E-state index contributed by atoms with van der Waals surface area (Å²) in [6.45, 7) is 7.11. The zero-order chi connectivity index (χ0) is 18.5. The number of hydrogen-bond acceptors (Lipinski definition) is 4. The number of benzene rings is 1. The number of halogens is 1. The Labute approximate surface area is 157 Å². The Balaban J connectivity index is 1.44. The van der Waals surface area contributed by atoms with Crippen LogP contribution in [0.4, 0.5) is 15.8 Å². The van der Waals surface area contributed by atoms with Gasteiger partial charge < -0.3 is 20.7 Å². The van der Waals surface area contributed by atoms with Crippen LogP contribution in [0.5, 0.6) is 0 Å². The van der Waals surface area contributed by atoms with Gasteiger partial charge in [0.15, 0.2) is 0 Å². The van der Waals surface area contributed by atoms with Gasteiger partial charge in [0, 0.05) is 31.8 Å². The largest absolute Gasteiger partial charge is 0.397 e. The molecule has 0 unspecified atom stereocenters. The van der Waals surface area contributed by atoms with Gasteiger partial charge in [0.1, 0.15) is 5.82 Å². The molecule has 1 aliphatic carbocycles. The van der Waals surface area contributed by atoms with Crippen LogP contribution in [0.15, 0.2) is 12.1 Å². The predicted molar refractivity (Wildman–Crippen MR) is 106 cm³/mol. The van der Waals surface area contributed by atoms with Crippen LogP contribution in [0.3, 0.4) is 0 Å². The second-order valence-corrected chi connectivity index (χ2v) is 7.94. The van der Waals surface area contributed by atoms with Crippen molar-refractivity contribution in [3.05, 3.63) is 23.5 Å². The average molecular weight is 364 g/mol. The molecule has 1 saturated carbocycles. The first-order chi connectivity index (χ1) is 12.6. The maximum absolute atomic E-state index is 13.6. The number of hydrogen-bond donors (Lipinski definition) is 2. The van der Waals surface area contributed by atoms with Crippen LogP contribution in [0.2, 0.25) is 0 Å². The van der Waals surface area contributed by atoms with Gasteiger partial charge in [-0.25, -0.2) is 4.39 Å². The van der Waals surface area contributed by atoms with Crippen LogP contribution in [-0.2, 0) is 4.74 Å². The number of piperidine rings is 1. The topological polar surface area (TPSA) is 50.5 Å². The summed E-state index contributed by atoms with van der Waals surface area (Å²) in [5.74, 6) is -0.235. The van der Waals surface area contributed by atoms with E-state index in [-0.39, 0.29) is 5.82 Å². The SMILES string of the molecule is CCCOC1CCC(N2CCC(Nc3cc(C)c(F)cc3N)CC2)CC1. The molecule has 0 bridgehead atoms. The Bertz CT molecular complexity index is 579. The van der Waals surface area contributed by atoms with E-state index in [4.69, 9.17) is 10.5 Å². The highest BCUT2D eigenvalue weighted by Crippen LogP contribution is 2.29. The Hall–Kier alpha value is -1.33. The van der Waals surface area contributed by atoms with Gasteiger partial charge in [-0.1, -0.05) is 6.92 Å². The summed E-state index contributed by atoms with van der Waals surface area (Å²) in [5.41, 5.74) is 7.99. The predicted octanol–water partition coefficient (Wildman–Crippen LogP) is 4.33. The van der Waals surface area contributed by atoms with E-state index in [0.29, 0.717) is 23.4 Å². The molecule has 0 radical (unpaired) electrons. The van der Waals surface area contributed by atoms with Gasteiger partial charge in [-0.2, -0.15) is 0 Å². The molecular weight excluding hydrogens is 329 g/mol. The van der Waals surface area contributed by atoms with Crippen molar-refractivity contribution in [3.63, 3.8) is 0 Å². The zero-order valence-electron chi connectivity index (χ0n) is 16.3. The average Bonchev–Trinajstić information content (AvgIpc) is 2.65. The molecular formula is C21H34FN3O. The lowest BCUT2D eigenvalue weighted by atomic mass is 9.90. The van der Waals surface area contributed by atoms with Crippen molar-refractivity contribution in [2.24, 2.45) is 0 Å². The molecule has 1 aromatic rings. The molecule has 0 atom stereocenters. The molecule has 1 aliphatic heterocycles. The fourth-order valence-electron chi connectivity index (χ4n) is 4.31. The monoisotopic (exact) mass is 363 g/mol. The molecule has 1 aromatic carbocycles. The highest BCUT2D eigenvalue weighted by Gasteiger charge is 2.29. The van der Waals surface area contributed by atoms with Crippen LogP contribution < -0.4 is 11.1 Å². The molecule has 0 aromatic heterocycles. The van der Waals surface area contributed by atoms with Gasteiger partial charge in [-0.3, -0.25) is 0 Å². The van der Waals surface area contributed by atoms with E-state index < -0.39 is 0 Å². The molecule has 4 nitrogen and oxygen atoms in total. The van der Waals surface area contributed by atoms with Crippen LogP contribution in [0, 0.1) is 12.7 Å². The molecule has 146 valence electrons. The quantitative estimate of drug-likeness (QED) is 0.739. The van der Waals surface area contributed by atoms with Crippen LogP contribution in [-0.4, -0.2) is 42.8 Å². The lowest BCUT2D eigenvalue weighted by Crippen LogP contribution is -2.46. The first-order valence-corrected chi connectivity index (χ1v) is 10.2. The fourth-order valence-corrected chi connectivity index (χ4v) is 4.31. The first kappa shape index (κ1) is 19.4. The number of ether oxygens (including phenoxy) is 1. The minimum Gasteiger partial charge on any atom is -0.397 e. The van der Waals surface area contributed by atoms with E-state index in [9.17, 15) is 4.39 Å². The van der Waals surface area contributed by atoms with Crippen molar-refractivity contribution in [3.8, 4) is 0 Å². The summed E-state index contributed by atoms with van der Waals surface area (Å²) in [4.78, 5) is 2.66. The van der Waals surface area contributed by atoms with Gasteiger partial charge in [0.25, 0.3) is 0 Å². The van der Waals surface area contributed by atoms with Gasteiger partial charge in [0.2, 0.25) is 0 Å². The van der Waals surface area contributed by atoms with Crippen molar-refractivity contribution in [2.75, 3.05) is 30.7 Å². The van der Waals surface area contributed by atoms with Crippen molar-refractivity contribution < 1.29 is 9.13 Å². The van der Waals surface area contributed by atoms with E-state index in [1.807, 2.05) is 6.07 Å². The normalized spacial score (nSPS) is 25.3. The number of nitrogens with one attached hydrogen (secondary N) is 1. The van der Waals surface area contributed by atoms with E-state index in [0.717, 1.165) is 50.7 Å². The van der Waals surface area contributed by atoms with Crippen LogP contribution in [0.1, 0.15) is 57.4 Å². The van der Waals surface area contributed by atoms with E-state index in [2.05, 4.69) is 17.1 Å². The minimum atomic E-state index is -0.235. The Morgan fingerprint density at radius 3 is 2.50 bits per heavy atom. The Morgan fingerprint density at radius 1 is 1.15 bits per heavy atom. The highest BCUT2D eigenvalue weighted by molar-refractivity contribution is 5.67. The molecule has 1 heterocycles. The molecule has 2 fully saturated rings. The third-order valence-electron chi connectivity index (χ3n) is 5.94. The molecule has 3 N–H and O–H groups in total. The molecule has 2 aliphatic rings. The number of nitrogens with zero attached hydrogens (tertiary/aromatic N) is 1. The second-order valence-electron chi connectivity index (χ2n) is 7.94. The van der Waals surface area contributed by atoms with Crippen molar-refractivity contribution >= 4 is 11.4 Å². The molecule has 3 rings (SSSR count). The molecule has 26 heavy (non-hydrogen) atoms. The summed E-state index contributed by atoms with van der Waals surface area (Å²) in [5, 5.41) is 3.53. The van der Waals surface area contributed by atoms with Gasteiger partial charge >= 0.3 is 0 Å². The Kier molecular flexibility index (Phi) is 6.76. The van der Waals surface area contributed by atoms with Crippen LogP contribution in [0.25, 0.3) is 0 Å². The fraction of sp³-hybridized carbons (Fsp3) is 0.714. The summed E-state index contributed by atoms with van der Waals surface area (Å²) < 4.78 is 19.5. The number of nitrogen functional groups attached to an aromatic ring is 1. The maximum Gasteiger partial charge on any atom is 0.128 e. The van der Waals surface area contributed by atoms with Gasteiger partial charge in [-0.15, -0.1) is 0 Å². The van der Waals surface area contributed by atoms with Crippen molar-refractivity contribution in [1.82, 2.24) is 4.90 Å². The molecule has 0 amide bonds. The van der Waals surface area contributed by atoms with E-state index >= 15 is 0 Å². The van der Waals surface area contributed by atoms with Gasteiger partial charge in [0.05, 0.1) is 17.5 Å². The number of nitrogens with two attached hydrogens (primary N) is 1. The van der Waals surface area contributed by atoms with Crippen molar-refractivity contribution in [2.45, 2.75) is 77.0 Å². The summed E-state index contributed by atoms with van der Waals surface area (Å²) >= 11 is 0. The zero-order valence-corrected chi connectivity index (χ0v) is 16.3. The lowest BCUT2D eigenvalue weighted by Gasteiger charge is -2.41. The third-order valence-corrected chi connectivity index (χ3v) is 5.94. The maximum atomic E-state index is 13.6. The van der Waals surface area contributed by atoms with Crippen LogP contribution >= 0.6 is 0 Å². The van der Waals surface area contributed by atoms with Gasteiger partial charge in [-0.05, 0) is 69.6 Å². The third kappa shape index (κ3) is 4.89. The number of rotatable bonds is 6. The highest BCUT2D eigenvalue weighted by atomic mass is 19.1. The Morgan fingerprint density at radius 2 is 1.85 bits per heavy atom. The first-order valence-electron chi connectivity index (χ1n) is 10.2. The van der Waals surface area contributed by atoms with E-state index in [1.165, 1.54) is 31.7 Å². The standard InChI is InChI=1S/C21H34FN3O/c1-3-12-26-18-6-4-17(5-7-18)25-10-8-16(9-11-25)24-21-13-15(2)19(22)14-20(21)23/h13-14,16-18,24H,3-12,23H2,1-2H3. The summed E-state index contributed by atoms with van der Waals surface area (Å²) in [6.07, 6.45) is 8.74. The van der Waals surface area contributed by atoms with E-state index in [1.54, 1.807) is 6.92 Å². The minimum absolute atomic E-state index is 0.235. The lowest BCUT2D eigenvalue weighted by molar-refractivity contribution is 0.00428. The smallest absolute Gasteiger partial charge is 0.128 e. The molecule has 1 saturated heterocycles. The number of anilines is 2. The molecule has 0 spiro atoms. The summed E-state index contributed by atoms with van der Waals surface area (Å²) in [6, 6.07) is 4.39.